The summed E-state index contributed by atoms with van der Waals surface area (Å²) in [5.74, 6) is -0.246. The van der Waals surface area contributed by atoms with Gasteiger partial charge in [0.05, 0.1) is 11.0 Å². The molecule has 0 saturated carbocycles. The smallest absolute Gasteiger partial charge is 0.233 e. The quantitative estimate of drug-likeness (QED) is 0.577. The van der Waals surface area contributed by atoms with Crippen LogP contribution in [0.4, 0.5) is 5.95 Å². The predicted molar refractivity (Wildman–Crippen MR) is 94.1 cm³/mol. The highest BCUT2D eigenvalue weighted by atomic mass is 16.2. The third-order valence-corrected chi connectivity index (χ3v) is 3.83. The van der Waals surface area contributed by atoms with E-state index in [1.165, 1.54) is 0 Å². The molecule has 0 radical (unpaired) electrons. The minimum Gasteiger partial charge on any atom is -0.369 e. The number of hydrogen-bond donors (Lipinski definition) is 1. The summed E-state index contributed by atoms with van der Waals surface area (Å²) in [6.45, 7) is 4.87. The van der Waals surface area contributed by atoms with Crippen LogP contribution in [-0.2, 0) is 6.54 Å². The van der Waals surface area contributed by atoms with Crippen molar-refractivity contribution in [2.45, 2.75) is 20.4 Å². The van der Waals surface area contributed by atoms with E-state index in [9.17, 15) is 9.59 Å². The highest BCUT2D eigenvalue weighted by molar-refractivity contribution is 6.49. The summed E-state index contributed by atoms with van der Waals surface area (Å²) in [4.78, 5) is 29.2. The van der Waals surface area contributed by atoms with Crippen LogP contribution >= 0.6 is 0 Å². The molecule has 0 aliphatic rings. The third-order valence-electron chi connectivity index (χ3n) is 3.83. The van der Waals surface area contributed by atoms with Gasteiger partial charge in [-0.25, -0.2) is 4.98 Å². The minimum atomic E-state index is -0.529. The van der Waals surface area contributed by atoms with Gasteiger partial charge in [-0.2, -0.15) is 0 Å². The first kappa shape index (κ1) is 15.9. The second kappa shape index (κ2) is 6.28. The molecule has 3 aromatic rings. The van der Waals surface area contributed by atoms with Gasteiger partial charge in [-0.15, -0.1) is 0 Å². The normalized spacial score (nSPS) is 11.1. The van der Waals surface area contributed by atoms with Crippen LogP contribution in [0.3, 0.4) is 0 Å². The van der Waals surface area contributed by atoms with Crippen LogP contribution in [0.5, 0.6) is 0 Å². The molecule has 1 heterocycles. The van der Waals surface area contributed by atoms with Crippen LogP contribution in [0.2, 0.25) is 0 Å². The lowest BCUT2D eigenvalue weighted by Crippen LogP contribution is -2.14. The molecule has 0 atom stereocenters. The fourth-order valence-corrected chi connectivity index (χ4v) is 2.69. The summed E-state index contributed by atoms with van der Waals surface area (Å²) >= 11 is 0. The number of fused-ring (bicyclic) bond motifs is 1. The van der Waals surface area contributed by atoms with Gasteiger partial charge in [0.2, 0.25) is 17.5 Å². The standard InChI is InChI=1S/C19H19N3O2/c1-12(2)11-22-16-10-14(8-9-15(16)21-19(22)20)18(24)17(23)13-6-4-3-5-7-13/h3-10,12H,11H2,1-2H3,(H2,20,21). The number of aromatic nitrogens is 2. The van der Waals surface area contributed by atoms with Crippen molar-refractivity contribution in [3.63, 3.8) is 0 Å². The average molecular weight is 321 g/mol. The predicted octanol–water partition coefficient (Wildman–Crippen LogP) is 3.34. The summed E-state index contributed by atoms with van der Waals surface area (Å²) in [7, 11) is 0. The second-order valence-electron chi connectivity index (χ2n) is 6.20. The number of rotatable bonds is 5. The Kier molecular flexibility index (Phi) is 4.16. The maximum atomic E-state index is 12.5. The Morgan fingerprint density at radius 3 is 2.38 bits per heavy atom. The van der Waals surface area contributed by atoms with Crippen molar-refractivity contribution in [2.24, 2.45) is 5.92 Å². The number of benzene rings is 2. The summed E-state index contributed by atoms with van der Waals surface area (Å²) < 4.78 is 1.88. The average Bonchev–Trinajstić information content (AvgIpc) is 2.89. The highest BCUT2D eigenvalue weighted by Crippen LogP contribution is 2.21. The number of imidazole rings is 1. The summed E-state index contributed by atoms with van der Waals surface area (Å²) in [5, 5.41) is 0. The molecule has 122 valence electrons. The van der Waals surface area contributed by atoms with Crippen LogP contribution in [0.1, 0.15) is 34.6 Å². The third kappa shape index (κ3) is 2.93. The van der Waals surface area contributed by atoms with Crippen molar-refractivity contribution in [1.29, 1.82) is 0 Å². The van der Waals surface area contributed by atoms with Crippen LogP contribution in [-0.4, -0.2) is 21.1 Å². The van der Waals surface area contributed by atoms with E-state index in [0.29, 0.717) is 29.5 Å². The number of nitrogens with zero attached hydrogens (tertiary/aromatic N) is 2. The Balaban J connectivity index is 2.01. The molecule has 1 aromatic heterocycles. The van der Waals surface area contributed by atoms with E-state index in [1.807, 2.05) is 4.57 Å². The molecular formula is C19H19N3O2. The van der Waals surface area contributed by atoms with Crippen molar-refractivity contribution >= 4 is 28.5 Å². The SMILES string of the molecule is CC(C)Cn1c(N)nc2ccc(C(=O)C(=O)c3ccccc3)cc21. The largest absolute Gasteiger partial charge is 0.369 e. The maximum absolute atomic E-state index is 12.5. The Hall–Kier alpha value is -2.95. The number of nitrogens with two attached hydrogens (primary N) is 1. The van der Waals surface area contributed by atoms with E-state index < -0.39 is 11.6 Å². The molecule has 0 aliphatic heterocycles. The second-order valence-corrected chi connectivity index (χ2v) is 6.20. The summed E-state index contributed by atoms with van der Waals surface area (Å²) in [5.41, 5.74) is 8.20. The maximum Gasteiger partial charge on any atom is 0.233 e. The molecule has 0 aliphatic carbocycles. The first-order chi connectivity index (χ1) is 11.5. The molecule has 3 rings (SSSR count). The Morgan fingerprint density at radius 1 is 1.04 bits per heavy atom. The Bertz CT molecular complexity index is 911. The highest BCUT2D eigenvalue weighted by Gasteiger charge is 2.19. The van der Waals surface area contributed by atoms with E-state index in [0.717, 1.165) is 11.0 Å². The summed E-state index contributed by atoms with van der Waals surface area (Å²) in [6, 6.07) is 13.6. The molecule has 24 heavy (non-hydrogen) atoms. The molecule has 0 fully saturated rings. The molecule has 2 aromatic carbocycles. The van der Waals surface area contributed by atoms with Crippen LogP contribution in [0.15, 0.2) is 48.5 Å². The van der Waals surface area contributed by atoms with Gasteiger partial charge in [0.1, 0.15) is 0 Å². The van der Waals surface area contributed by atoms with Gasteiger partial charge in [-0.05, 0) is 24.1 Å². The van der Waals surface area contributed by atoms with Gasteiger partial charge < -0.3 is 10.3 Å². The zero-order valence-corrected chi connectivity index (χ0v) is 13.7. The number of carbonyl (C=O) groups is 2. The topological polar surface area (TPSA) is 78.0 Å². The van der Waals surface area contributed by atoms with Crippen molar-refractivity contribution in [2.75, 3.05) is 5.73 Å². The fraction of sp³-hybridized carbons (Fsp3) is 0.211. The van der Waals surface area contributed by atoms with Crippen LogP contribution < -0.4 is 5.73 Å². The zero-order valence-electron chi connectivity index (χ0n) is 13.7. The van der Waals surface area contributed by atoms with Crippen LogP contribution in [0.25, 0.3) is 11.0 Å². The molecular weight excluding hydrogens is 302 g/mol. The van der Waals surface area contributed by atoms with Gasteiger partial charge in [0.25, 0.3) is 0 Å². The molecule has 2 N–H and O–H groups in total. The number of hydrogen-bond acceptors (Lipinski definition) is 4. The van der Waals surface area contributed by atoms with Gasteiger partial charge >= 0.3 is 0 Å². The van der Waals surface area contributed by atoms with E-state index in [1.54, 1.807) is 48.5 Å². The minimum absolute atomic E-state index is 0.348. The number of nitrogen functional groups attached to an aromatic ring is 1. The van der Waals surface area contributed by atoms with Crippen molar-refractivity contribution in [3.8, 4) is 0 Å². The number of ketones is 2. The first-order valence-electron chi connectivity index (χ1n) is 7.87. The van der Waals surface area contributed by atoms with E-state index in [4.69, 9.17) is 5.73 Å². The van der Waals surface area contributed by atoms with Gasteiger partial charge in [-0.3, -0.25) is 9.59 Å². The lowest BCUT2D eigenvalue weighted by molar-refractivity contribution is 0.0817. The molecule has 0 amide bonds. The monoisotopic (exact) mass is 321 g/mol. The first-order valence-corrected chi connectivity index (χ1v) is 7.87. The Morgan fingerprint density at radius 2 is 1.71 bits per heavy atom. The zero-order chi connectivity index (χ0) is 17.3. The van der Waals surface area contributed by atoms with E-state index in [-0.39, 0.29) is 0 Å². The number of Topliss-reactive ketones (excluding diaryl/α,β-unsaturated/α-hetero) is 2. The molecule has 5 heteroatoms. The lowest BCUT2D eigenvalue weighted by atomic mass is 10.0. The lowest BCUT2D eigenvalue weighted by Gasteiger charge is -2.09. The number of anilines is 1. The van der Waals surface area contributed by atoms with E-state index in [2.05, 4.69) is 18.8 Å². The van der Waals surface area contributed by atoms with E-state index >= 15 is 0 Å². The number of carbonyl (C=O) groups excluding carboxylic acids is 2. The summed E-state index contributed by atoms with van der Waals surface area (Å²) in [6.07, 6.45) is 0. The van der Waals surface area contributed by atoms with Gasteiger partial charge in [-0.1, -0.05) is 44.2 Å². The van der Waals surface area contributed by atoms with Crippen molar-refractivity contribution < 1.29 is 9.59 Å². The molecule has 0 saturated heterocycles. The Labute approximate surface area is 140 Å². The molecule has 0 bridgehead atoms. The van der Waals surface area contributed by atoms with Crippen molar-refractivity contribution in [1.82, 2.24) is 9.55 Å². The molecule has 0 spiro atoms. The molecule has 0 unspecified atom stereocenters. The fourth-order valence-electron chi connectivity index (χ4n) is 2.69. The van der Waals surface area contributed by atoms with Gasteiger partial charge in [0.15, 0.2) is 0 Å². The van der Waals surface area contributed by atoms with Gasteiger partial charge in [0, 0.05) is 17.7 Å². The van der Waals surface area contributed by atoms with Crippen LogP contribution in [0, 0.1) is 5.92 Å². The van der Waals surface area contributed by atoms with Crippen molar-refractivity contribution in [3.05, 3.63) is 59.7 Å². The molecule has 5 nitrogen and oxygen atoms in total.